The molecule has 0 saturated heterocycles. The number of benzene rings is 1. The standard InChI is InChI=1S/C12H16O2/c1-2-12(14-10-13)9-8-11-6-4-3-5-7-11/h3-7,10,12H,2,8-9H2,1H3/t12-/m1/s1. The molecule has 1 atom stereocenters. The molecule has 1 aromatic carbocycles. The second kappa shape index (κ2) is 6.19. The van der Waals surface area contributed by atoms with Crippen LogP contribution < -0.4 is 0 Å². The van der Waals surface area contributed by atoms with E-state index in [0.29, 0.717) is 6.47 Å². The van der Waals surface area contributed by atoms with Crippen LogP contribution in [0.2, 0.25) is 0 Å². The summed E-state index contributed by atoms with van der Waals surface area (Å²) in [6.45, 7) is 2.57. The molecular formula is C12H16O2. The van der Waals surface area contributed by atoms with Crippen LogP contribution in [0, 0.1) is 0 Å². The smallest absolute Gasteiger partial charge is 0.293 e. The third kappa shape index (κ3) is 3.60. The Labute approximate surface area is 84.9 Å². The van der Waals surface area contributed by atoms with Crippen LogP contribution in [-0.4, -0.2) is 12.6 Å². The summed E-state index contributed by atoms with van der Waals surface area (Å²) < 4.78 is 4.93. The maximum atomic E-state index is 10.2. The SMILES string of the molecule is CC[C@H](CCc1ccccc1)OC=O. The predicted octanol–water partition coefficient (Wildman–Crippen LogP) is 2.57. The summed E-state index contributed by atoms with van der Waals surface area (Å²) in [6.07, 6.45) is 2.81. The van der Waals surface area contributed by atoms with Crippen molar-refractivity contribution in [2.75, 3.05) is 0 Å². The normalized spacial score (nSPS) is 12.1. The van der Waals surface area contributed by atoms with Gasteiger partial charge in [-0.1, -0.05) is 37.3 Å². The first kappa shape index (κ1) is 10.8. The molecule has 0 amide bonds. The Kier molecular flexibility index (Phi) is 4.76. The Morgan fingerprint density at radius 1 is 1.36 bits per heavy atom. The van der Waals surface area contributed by atoms with Crippen LogP contribution >= 0.6 is 0 Å². The Hall–Kier alpha value is -1.31. The van der Waals surface area contributed by atoms with Gasteiger partial charge < -0.3 is 4.74 Å². The molecule has 0 heterocycles. The van der Waals surface area contributed by atoms with E-state index in [-0.39, 0.29) is 6.10 Å². The van der Waals surface area contributed by atoms with Crippen molar-refractivity contribution >= 4 is 6.47 Å². The Balaban J connectivity index is 2.35. The minimum absolute atomic E-state index is 0.0627. The van der Waals surface area contributed by atoms with Crippen LogP contribution in [0.1, 0.15) is 25.3 Å². The van der Waals surface area contributed by atoms with Gasteiger partial charge in [-0.15, -0.1) is 0 Å². The van der Waals surface area contributed by atoms with Gasteiger partial charge in [0.05, 0.1) is 0 Å². The second-order valence-electron chi connectivity index (χ2n) is 3.29. The number of aryl methyl sites for hydroxylation is 1. The molecule has 14 heavy (non-hydrogen) atoms. The summed E-state index contributed by atoms with van der Waals surface area (Å²) in [5.41, 5.74) is 1.29. The van der Waals surface area contributed by atoms with Gasteiger partial charge in [-0.25, -0.2) is 0 Å². The fourth-order valence-electron chi connectivity index (χ4n) is 1.42. The van der Waals surface area contributed by atoms with E-state index < -0.39 is 0 Å². The van der Waals surface area contributed by atoms with Gasteiger partial charge in [0.2, 0.25) is 0 Å². The van der Waals surface area contributed by atoms with Gasteiger partial charge in [0, 0.05) is 0 Å². The van der Waals surface area contributed by atoms with Gasteiger partial charge >= 0.3 is 0 Å². The van der Waals surface area contributed by atoms with Crippen molar-refractivity contribution in [2.24, 2.45) is 0 Å². The summed E-state index contributed by atoms with van der Waals surface area (Å²) >= 11 is 0. The lowest BCUT2D eigenvalue weighted by molar-refractivity contribution is -0.133. The first-order valence-corrected chi connectivity index (χ1v) is 4.99. The quantitative estimate of drug-likeness (QED) is 0.647. The summed E-state index contributed by atoms with van der Waals surface area (Å²) in [7, 11) is 0. The van der Waals surface area contributed by atoms with Gasteiger partial charge in [0.15, 0.2) is 0 Å². The minimum atomic E-state index is 0.0627. The van der Waals surface area contributed by atoms with Crippen molar-refractivity contribution in [1.82, 2.24) is 0 Å². The molecule has 0 aliphatic rings. The monoisotopic (exact) mass is 192 g/mol. The molecule has 1 aromatic rings. The highest BCUT2D eigenvalue weighted by Gasteiger charge is 2.05. The van der Waals surface area contributed by atoms with E-state index in [0.717, 1.165) is 19.3 Å². The summed E-state index contributed by atoms with van der Waals surface area (Å²) in [4.78, 5) is 10.2. The molecule has 0 spiro atoms. The van der Waals surface area contributed by atoms with Gasteiger partial charge in [-0.3, -0.25) is 4.79 Å². The second-order valence-corrected chi connectivity index (χ2v) is 3.29. The van der Waals surface area contributed by atoms with Crippen LogP contribution in [0.3, 0.4) is 0 Å². The van der Waals surface area contributed by atoms with E-state index in [1.54, 1.807) is 0 Å². The zero-order valence-electron chi connectivity index (χ0n) is 8.48. The van der Waals surface area contributed by atoms with Crippen LogP contribution in [0.25, 0.3) is 0 Å². The third-order valence-electron chi connectivity index (χ3n) is 2.30. The number of carbonyl (C=O) groups is 1. The fourth-order valence-corrected chi connectivity index (χ4v) is 1.42. The molecule has 0 aliphatic carbocycles. The Bertz CT molecular complexity index is 256. The fraction of sp³-hybridized carbons (Fsp3) is 0.417. The molecular weight excluding hydrogens is 176 g/mol. The van der Waals surface area contributed by atoms with Crippen LogP contribution in [0.4, 0.5) is 0 Å². The van der Waals surface area contributed by atoms with Crippen LogP contribution in [0.15, 0.2) is 30.3 Å². The van der Waals surface area contributed by atoms with Crippen molar-refractivity contribution in [3.63, 3.8) is 0 Å². The lowest BCUT2D eigenvalue weighted by Gasteiger charge is -2.12. The van der Waals surface area contributed by atoms with E-state index in [1.165, 1.54) is 5.56 Å². The van der Waals surface area contributed by atoms with Crippen molar-refractivity contribution in [3.8, 4) is 0 Å². The summed E-state index contributed by atoms with van der Waals surface area (Å²) in [6, 6.07) is 10.2. The van der Waals surface area contributed by atoms with E-state index in [9.17, 15) is 4.79 Å². The number of hydrogen-bond acceptors (Lipinski definition) is 2. The molecule has 1 rings (SSSR count). The van der Waals surface area contributed by atoms with E-state index in [4.69, 9.17) is 4.74 Å². The minimum Gasteiger partial charge on any atom is -0.465 e. The molecule has 2 nitrogen and oxygen atoms in total. The van der Waals surface area contributed by atoms with Gasteiger partial charge in [0.25, 0.3) is 6.47 Å². The zero-order valence-corrected chi connectivity index (χ0v) is 8.48. The Morgan fingerprint density at radius 2 is 2.07 bits per heavy atom. The first-order chi connectivity index (χ1) is 6.86. The molecule has 76 valence electrons. The van der Waals surface area contributed by atoms with Crippen LogP contribution in [0.5, 0.6) is 0 Å². The first-order valence-electron chi connectivity index (χ1n) is 4.99. The van der Waals surface area contributed by atoms with Gasteiger partial charge in [0.1, 0.15) is 6.10 Å². The number of carbonyl (C=O) groups excluding carboxylic acids is 1. The van der Waals surface area contributed by atoms with Gasteiger partial charge in [-0.2, -0.15) is 0 Å². The average molecular weight is 192 g/mol. The Morgan fingerprint density at radius 3 is 2.64 bits per heavy atom. The van der Waals surface area contributed by atoms with E-state index in [1.807, 2.05) is 25.1 Å². The average Bonchev–Trinajstić information content (AvgIpc) is 2.25. The molecule has 0 aliphatic heterocycles. The largest absolute Gasteiger partial charge is 0.465 e. The van der Waals surface area contributed by atoms with Crippen molar-refractivity contribution in [2.45, 2.75) is 32.3 Å². The van der Waals surface area contributed by atoms with Crippen molar-refractivity contribution in [1.29, 1.82) is 0 Å². The molecule has 0 saturated carbocycles. The number of hydrogen-bond donors (Lipinski definition) is 0. The molecule has 0 fully saturated rings. The number of ether oxygens (including phenoxy) is 1. The highest BCUT2D eigenvalue weighted by molar-refractivity contribution is 5.37. The van der Waals surface area contributed by atoms with E-state index in [2.05, 4.69) is 12.1 Å². The van der Waals surface area contributed by atoms with E-state index >= 15 is 0 Å². The molecule has 0 unspecified atom stereocenters. The lowest BCUT2D eigenvalue weighted by atomic mass is 10.1. The molecule has 0 radical (unpaired) electrons. The van der Waals surface area contributed by atoms with Crippen LogP contribution in [-0.2, 0) is 16.0 Å². The summed E-state index contributed by atoms with van der Waals surface area (Å²) in [5.74, 6) is 0. The molecule has 0 bridgehead atoms. The predicted molar refractivity (Wildman–Crippen MR) is 56.0 cm³/mol. The number of rotatable bonds is 6. The topological polar surface area (TPSA) is 26.3 Å². The maximum absolute atomic E-state index is 10.2. The highest BCUT2D eigenvalue weighted by atomic mass is 16.5. The zero-order chi connectivity index (χ0) is 10.2. The molecule has 0 aromatic heterocycles. The van der Waals surface area contributed by atoms with Crippen molar-refractivity contribution < 1.29 is 9.53 Å². The van der Waals surface area contributed by atoms with Gasteiger partial charge in [-0.05, 0) is 24.8 Å². The molecule has 2 heteroatoms. The summed E-state index contributed by atoms with van der Waals surface area (Å²) in [5, 5.41) is 0. The molecule has 0 N–H and O–H groups in total. The highest BCUT2D eigenvalue weighted by Crippen LogP contribution is 2.08. The third-order valence-corrected chi connectivity index (χ3v) is 2.30. The maximum Gasteiger partial charge on any atom is 0.293 e. The van der Waals surface area contributed by atoms with Crippen molar-refractivity contribution in [3.05, 3.63) is 35.9 Å². The lowest BCUT2D eigenvalue weighted by Crippen LogP contribution is -2.11.